The summed E-state index contributed by atoms with van der Waals surface area (Å²) in [4.78, 5) is 3.99. The molecule has 1 heterocycles. The van der Waals surface area contributed by atoms with Gasteiger partial charge in [-0.25, -0.2) is 13.8 Å². The first-order valence-electron chi connectivity index (χ1n) is 4.67. The maximum Gasteiger partial charge on any atom is 0.135 e. The molecule has 2 rings (SSSR count). The van der Waals surface area contributed by atoms with E-state index in [1.54, 1.807) is 6.92 Å². The van der Waals surface area contributed by atoms with E-state index in [0.29, 0.717) is 5.01 Å². The predicted octanol–water partition coefficient (Wildman–Crippen LogP) is 3.14. The van der Waals surface area contributed by atoms with Crippen LogP contribution in [0.5, 0.6) is 0 Å². The molecule has 5 heteroatoms. The fourth-order valence-corrected chi connectivity index (χ4v) is 2.09. The Bertz CT molecular complexity index is 490. The standard InChI is InChI=1S/C11H9F2NOS/c1-6(15)11-14-9(5-16-11)10-7(12)3-2-4-8(10)13/h2-6,15H,1H3. The van der Waals surface area contributed by atoms with Gasteiger partial charge < -0.3 is 5.11 Å². The Morgan fingerprint density at radius 1 is 1.31 bits per heavy atom. The van der Waals surface area contributed by atoms with Crippen molar-refractivity contribution in [1.29, 1.82) is 0 Å². The topological polar surface area (TPSA) is 33.1 Å². The highest BCUT2D eigenvalue weighted by Crippen LogP contribution is 2.29. The van der Waals surface area contributed by atoms with E-state index in [1.807, 2.05) is 0 Å². The third kappa shape index (κ3) is 1.96. The van der Waals surface area contributed by atoms with Crippen molar-refractivity contribution < 1.29 is 13.9 Å². The minimum absolute atomic E-state index is 0.148. The van der Waals surface area contributed by atoms with Crippen LogP contribution in [0.2, 0.25) is 0 Å². The third-order valence-electron chi connectivity index (χ3n) is 2.10. The smallest absolute Gasteiger partial charge is 0.135 e. The third-order valence-corrected chi connectivity index (χ3v) is 3.11. The van der Waals surface area contributed by atoms with Gasteiger partial charge >= 0.3 is 0 Å². The number of benzene rings is 1. The number of aliphatic hydroxyl groups is 1. The van der Waals surface area contributed by atoms with Crippen molar-refractivity contribution in [1.82, 2.24) is 4.98 Å². The molecule has 0 saturated heterocycles. The fourth-order valence-electron chi connectivity index (χ4n) is 1.34. The molecule has 0 aliphatic carbocycles. The highest BCUT2D eigenvalue weighted by Gasteiger charge is 2.15. The van der Waals surface area contributed by atoms with E-state index in [0.717, 1.165) is 0 Å². The van der Waals surface area contributed by atoms with Crippen LogP contribution in [0.1, 0.15) is 18.0 Å². The van der Waals surface area contributed by atoms with Gasteiger partial charge in [0.2, 0.25) is 0 Å². The van der Waals surface area contributed by atoms with Gasteiger partial charge in [-0.1, -0.05) is 6.07 Å². The lowest BCUT2D eigenvalue weighted by molar-refractivity contribution is 0.199. The Kier molecular flexibility index (Phi) is 2.98. The summed E-state index contributed by atoms with van der Waals surface area (Å²) < 4.78 is 26.8. The number of hydrogen-bond donors (Lipinski definition) is 1. The molecule has 0 amide bonds. The Hall–Kier alpha value is -1.33. The highest BCUT2D eigenvalue weighted by molar-refractivity contribution is 7.10. The van der Waals surface area contributed by atoms with Crippen LogP contribution in [0, 0.1) is 11.6 Å². The van der Waals surface area contributed by atoms with E-state index >= 15 is 0 Å². The first kappa shape index (κ1) is 11.2. The van der Waals surface area contributed by atoms with Crippen LogP contribution < -0.4 is 0 Å². The monoisotopic (exact) mass is 241 g/mol. The molecule has 2 nitrogen and oxygen atoms in total. The largest absolute Gasteiger partial charge is 0.386 e. The molecule has 0 aliphatic rings. The number of thiazole rings is 1. The van der Waals surface area contributed by atoms with Crippen LogP contribution in [0.3, 0.4) is 0 Å². The molecule has 1 aromatic heterocycles. The second-order valence-electron chi connectivity index (χ2n) is 3.34. The summed E-state index contributed by atoms with van der Waals surface area (Å²) >= 11 is 1.18. The second-order valence-corrected chi connectivity index (χ2v) is 4.23. The molecular weight excluding hydrogens is 232 g/mol. The van der Waals surface area contributed by atoms with Crippen molar-refractivity contribution in [3.05, 3.63) is 40.2 Å². The average molecular weight is 241 g/mol. The minimum Gasteiger partial charge on any atom is -0.386 e. The Labute approximate surface area is 95.2 Å². The molecule has 0 saturated carbocycles. The zero-order valence-electron chi connectivity index (χ0n) is 8.45. The van der Waals surface area contributed by atoms with Crippen LogP contribution in [0.4, 0.5) is 8.78 Å². The number of rotatable bonds is 2. The molecular formula is C11H9F2NOS. The molecule has 0 aliphatic heterocycles. The van der Waals surface area contributed by atoms with E-state index in [1.165, 1.54) is 34.9 Å². The van der Waals surface area contributed by atoms with Crippen molar-refractivity contribution in [2.24, 2.45) is 0 Å². The Morgan fingerprint density at radius 3 is 2.44 bits per heavy atom. The van der Waals surface area contributed by atoms with E-state index in [9.17, 15) is 13.9 Å². The molecule has 0 spiro atoms. The fraction of sp³-hybridized carbons (Fsp3) is 0.182. The minimum atomic E-state index is -0.728. The van der Waals surface area contributed by atoms with E-state index in [-0.39, 0.29) is 11.3 Å². The van der Waals surface area contributed by atoms with Gasteiger partial charge in [-0.2, -0.15) is 0 Å². The summed E-state index contributed by atoms with van der Waals surface area (Å²) in [6, 6.07) is 3.66. The van der Waals surface area contributed by atoms with Gasteiger partial charge in [-0.3, -0.25) is 0 Å². The van der Waals surface area contributed by atoms with Crippen molar-refractivity contribution in [2.45, 2.75) is 13.0 Å². The van der Waals surface area contributed by atoms with Crippen LogP contribution in [-0.4, -0.2) is 10.1 Å². The lowest BCUT2D eigenvalue weighted by Gasteiger charge is -2.01. The van der Waals surface area contributed by atoms with Crippen molar-refractivity contribution in [3.63, 3.8) is 0 Å². The number of aromatic nitrogens is 1. The van der Waals surface area contributed by atoms with Gasteiger partial charge in [0.05, 0.1) is 11.3 Å². The molecule has 0 bridgehead atoms. The maximum absolute atomic E-state index is 13.4. The zero-order valence-corrected chi connectivity index (χ0v) is 9.26. The van der Waals surface area contributed by atoms with Crippen molar-refractivity contribution >= 4 is 11.3 Å². The molecule has 2 aromatic rings. The van der Waals surface area contributed by atoms with E-state index in [2.05, 4.69) is 4.98 Å². The van der Waals surface area contributed by atoms with Crippen LogP contribution in [-0.2, 0) is 0 Å². The van der Waals surface area contributed by atoms with Crippen LogP contribution in [0.25, 0.3) is 11.3 Å². The van der Waals surface area contributed by atoms with Crippen LogP contribution in [0.15, 0.2) is 23.6 Å². The number of hydrogen-bond acceptors (Lipinski definition) is 3. The Morgan fingerprint density at radius 2 is 1.94 bits per heavy atom. The molecule has 1 N–H and O–H groups in total. The number of halogens is 2. The molecule has 0 radical (unpaired) electrons. The lowest BCUT2D eigenvalue weighted by atomic mass is 10.1. The van der Waals surface area contributed by atoms with Crippen LogP contribution >= 0.6 is 11.3 Å². The van der Waals surface area contributed by atoms with Gasteiger partial charge in [0.1, 0.15) is 22.7 Å². The average Bonchev–Trinajstić information content (AvgIpc) is 2.66. The van der Waals surface area contributed by atoms with E-state index in [4.69, 9.17) is 0 Å². The normalized spacial score (nSPS) is 12.8. The van der Waals surface area contributed by atoms with Gasteiger partial charge in [0, 0.05) is 5.38 Å². The van der Waals surface area contributed by atoms with E-state index < -0.39 is 17.7 Å². The van der Waals surface area contributed by atoms with Gasteiger partial charge in [-0.05, 0) is 19.1 Å². The zero-order chi connectivity index (χ0) is 11.7. The second kappa shape index (κ2) is 4.27. The molecule has 1 unspecified atom stereocenters. The summed E-state index contributed by atoms with van der Waals surface area (Å²) in [6.45, 7) is 1.56. The SMILES string of the molecule is CC(O)c1nc(-c2c(F)cccc2F)cs1. The first-order chi connectivity index (χ1) is 7.59. The predicted molar refractivity (Wildman–Crippen MR) is 58.1 cm³/mol. The number of nitrogens with zero attached hydrogens (tertiary/aromatic N) is 1. The maximum atomic E-state index is 13.4. The number of aliphatic hydroxyl groups excluding tert-OH is 1. The Balaban J connectivity index is 2.50. The van der Waals surface area contributed by atoms with Gasteiger partial charge in [0.15, 0.2) is 0 Å². The summed E-state index contributed by atoms with van der Waals surface area (Å²) in [6.07, 6.45) is -0.728. The summed E-state index contributed by atoms with van der Waals surface area (Å²) in [5.41, 5.74) is 0.0714. The highest BCUT2D eigenvalue weighted by atomic mass is 32.1. The first-order valence-corrected chi connectivity index (χ1v) is 5.55. The van der Waals surface area contributed by atoms with Gasteiger partial charge in [0.25, 0.3) is 0 Å². The molecule has 1 aromatic carbocycles. The molecule has 0 fully saturated rings. The van der Waals surface area contributed by atoms with Crippen molar-refractivity contribution in [3.8, 4) is 11.3 Å². The lowest BCUT2D eigenvalue weighted by Crippen LogP contribution is -1.92. The van der Waals surface area contributed by atoms with Gasteiger partial charge in [-0.15, -0.1) is 11.3 Å². The summed E-state index contributed by atoms with van der Waals surface area (Å²) in [7, 11) is 0. The summed E-state index contributed by atoms with van der Waals surface area (Å²) in [5.74, 6) is -1.30. The molecule has 16 heavy (non-hydrogen) atoms. The molecule has 84 valence electrons. The molecule has 1 atom stereocenters. The summed E-state index contributed by atoms with van der Waals surface area (Å²) in [5, 5.41) is 11.3. The quantitative estimate of drug-likeness (QED) is 0.876. The van der Waals surface area contributed by atoms with Crippen molar-refractivity contribution in [2.75, 3.05) is 0 Å².